The average molecular weight is 286 g/mol. The monoisotopic (exact) mass is 286 g/mol. The van der Waals surface area contributed by atoms with Crippen molar-refractivity contribution >= 4 is 11.6 Å². The number of ether oxygens (including phenoxy) is 2. The molecular weight excluding hydrogens is 272 g/mol. The van der Waals surface area contributed by atoms with Crippen LogP contribution in [0.5, 0.6) is 0 Å². The third-order valence-electron chi connectivity index (χ3n) is 3.11. The molecule has 2 N–H and O–H groups in total. The van der Waals surface area contributed by atoms with Gasteiger partial charge in [0.05, 0.1) is 18.8 Å². The van der Waals surface area contributed by atoms with Crippen LogP contribution in [0.4, 0.5) is 5.69 Å². The normalized spacial score (nSPS) is 15.0. The minimum atomic E-state index is -0.325. The van der Waals surface area contributed by atoms with Crippen LogP contribution < -0.4 is 10.9 Å². The molecule has 0 bridgehead atoms. The van der Waals surface area contributed by atoms with Crippen molar-refractivity contribution < 1.29 is 14.3 Å². The van der Waals surface area contributed by atoms with Crippen molar-refractivity contribution in [1.29, 1.82) is 0 Å². The minimum Gasteiger partial charge on any atom is -0.346 e. The first-order valence-electron chi connectivity index (χ1n) is 6.56. The molecule has 0 spiro atoms. The summed E-state index contributed by atoms with van der Waals surface area (Å²) in [4.78, 5) is 25.4. The highest BCUT2D eigenvalue weighted by molar-refractivity contribution is 6.03. The lowest BCUT2D eigenvalue weighted by molar-refractivity contribution is -0.0441. The van der Waals surface area contributed by atoms with E-state index in [2.05, 4.69) is 10.3 Å². The summed E-state index contributed by atoms with van der Waals surface area (Å²) in [5, 5.41) is 2.75. The largest absolute Gasteiger partial charge is 0.346 e. The van der Waals surface area contributed by atoms with E-state index in [1.165, 1.54) is 18.3 Å². The number of aromatic nitrogens is 1. The van der Waals surface area contributed by atoms with Crippen molar-refractivity contribution in [3.8, 4) is 0 Å². The van der Waals surface area contributed by atoms with Gasteiger partial charge in [0.25, 0.3) is 5.91 Å². The summed E-state index contributed by atoms with van der Waals surface area (Å²) in [7, 11) is 0. The van der Waals surface area contributed by atoms with Crippen LogP contribution in [0.3, 0.4) is 0 Å². The highest BCUT2D eigenvalue weighted by Gasteiger charge is 2.17. The topological polar surface area (TPSA) is 80.4 Å². The predicted molar refractivity (Wildman–Crippen MR) is 76.1 cm³/mol. The van der Waals surface area contributed by atoms with E-state index in [1.807, 2.05) is 12.1 Å². The molecular formula is C15H14N2O4. The molecule has 0 aliphatic carbocycles. The molecule has 1 aromatic heterocycles. The molecule has 6 heteroatoms. The Hall–Kier alpha value is -2.44. The van der Waals surface area contributed by atoms with Crippen LogP contribution in [0.25, 0.3) is 0 Å². The second-order valence-corrected chi connectivity index (χ2v) is 4.59. The SMILES string of the molecule is O=C(Nc1ccc(C2OCCO2)cc1)c1ccc(=O)[nH]c1. The number of rotatable bonds is 3. The molecule has 1 amide bonds. The summed E-state index contributed by atoms with van der Waals surface area (Å²) in [5.74, 6) is -0.285. The van der Waals surface area contributed by atoms with E-state index in [4.69, 9.17) is 9.47 Å². The van der Waals surface area contributed by atoms with E-state index in [0.29, 0.717) is 24.5 Å². The molecule has 1 aliphatic rings. The number of nitrogens with one attached hydrogen (secondary N) is 2. The second-order valence-electron chi connectivity index (χ2n) is 4.59. The number of aromatic amines is 1. The molecule has 3 rings (SSSR count). The molecule has 0 saturated carbocycles. The zero-order valence-electron chi connectivity index (χ0n) is 11.2. The zero-order chi connectivity index (χ0) is 14.7. The Morgan fingerprint density at radius 2 is 1.81 bits per heavy atom. The molecule has 6 nitrogen and oxygen atoms in total. The van der Waals surface area contributed by atoms with Gasteiger partial charge in [0.15, 0.2) is 6.29 Å². The van der Waals surface area contributed by atoms with Gasteiger partial charge in [-0.15, -0.1) is 0 Å². The fourth-order valence-electron chi connectivity index (χ4n) is 2.03. The Morgan fingerprint density at radius 3 is 2.43 bits per heavy atom. The van der Waals surface area contributed by atoms with Crippen molar-refractivity contribution in [2.24, 2.45) is 0 Å². The van der Waals surface area contributed by atoms with E-state index in [0.717, 1.165) is 5.56 Å². The zero-order valence-corrected chi connectivity index (χ0v) is 11.2. The Morgan fingerprint density at radius 1 is 1.10 bits per heavy atom. The van der Waals surface area contributed by atoms with Gasteiger partial charge in [-0.3, -0.25) is 9.59 Å². The first-order valence-corrected chi connectivity index (χ1v) is 6.56. The van der Waals surface area contributed by atoms with E-state index < -0.39 is 0 Å². The van der Waals surface area contributed by atoms with Crippen LogP contribution >= 0.6 is 0 Å². The van der Waals surface area contributed by atoms with Crippen LogP contribution in [-0.2, 0) is 9.47 Å². The smallest absolute Gasteiger partial charge is 0.257 e. The molecule has 1 fully saturated rings. The van der Waals surface area contributed by atoms with Gasteiger partial charge in [0.2, 0.25) is 5.56 Å². The van der Waals surface area contributed by atoms with Gasteiger partial charge in [0.1, 0.15) is 0 Å². The van der Waals surface area contributed by atoms with E-state index in [-0.39, 0.29) is 17.8 Å². The number of pyridine rings is 1. The summed E-state index contributed by atoms with van der Waals surface area (Å²) in [6.45, 7) is 1.19. The molecule has 108 valence electrons. The maximum atomic E-state index is 12.0. The third-order valence-corrected chi connectivity index (χ3v) is 3.11. The molecule has 2 heterocycles. The molecule has 1 aliphatic heterocycles. The van der Waals surface area contributed by atoms with Crippen LogP contribution in [0.2, 0.25) is 0 Å². The molecule has 2 aromatic rings. The lowest BCUT2D eigenvalue weighted by atomic mass is 10.2. The number of benzene rings is 1. The summed E-state index contributed by atoms with van der Waals surface area (Å²) in [6, 6.07) is 10.0. The lowest BCUT2D eigenvalue weighted by Gasteiger charge is -2.10. The van der Waals surface area contributed by atoms with Gasteiger partial charge in [-0.2, -0.15) is 0 Å². The quantitative estimate of drug-likeness (QED) is 0.899. The average Bonchev–Trinajstić information content (AvgIpc) is 3.03. The van der Waals surface area contributed by atoms with Crippen LogP contribution in [0, 0.1) is 0 Å². The second kappa shape index (κ2) is 5.90. The third kappa shape index (κ3) is 3.18. The van der Waals surface area contributed by atoms with E-state index in [9.17, 15) is 9.59 Å². The van der Waals surface area contributed by atoms with Crippen molar-refractivity contribution in [3.05, 3.63) is 64.1 Å². The minimum absolute atomic E-state index is 0.243. The predicted octanol–water partition coefficient (Wildman–Crippen LogP) is 1.67. The molecule has 0 unspecified atom stereocenters. The summed E-state index contributed by atoms with van der Waals surface area (Å²) < 4.78 is 10.8. The fourth-order valence-corrected chi connectivity index (χ4v) is 2.03. The van der Waals surface area contributed by atoms with Crippen molar-refractivity contribution in [2.75, 3.05) is 18.5 Å². The van der Waals surface area contributed by atoms with Crippen molar-refractivity contribution in [1.82, 2.24) is 4.98 Å². The molecule has 0 atom stereocenters. The van der Waals surface area contributed by atoms with Crippen molar-refractivity contribution in [2.45, 2.75) is 6.29 Å². The maximum absolute atomic E-state index is 12.0. The van der Waals surface area contributed by atoms with E-state index >= 15 is 0 Å². The van der Waals surface area contributed by atoms with Gasteiger partial charge in [0, 0.05) is 23.5 Å². The van der Waals surface area contributed by atoms with Crippen molar-refractivity contribution in [3.63, 3.8) is 0 Å². The number of hydrogen-bond acceptors (Lipinski definition) is 4. The maximum Gasteiger partial charge on any atom is 0.257 e. The number of H-pyrrole nitrogens is 1. The Bertz CT molecular complexity index is 667. The molecule has 21 heavy (non-hydrogen) atoms. The van der Waals surface area contributed by atoms with Crippen LogP contribution in [0.1, 0.15) is 22.2 Å². The van der Waals surface area contributed by atoms with Gasteiger partial charge in [-0.1, -0.05) is 12.1 Å². The molecule has 1 saturated heterocycles. The van der Waals surface area contributed by atoms with Gasteiger partial charge < -0.3 is 19.8 Å². The highest BCUT2D eigenvalue weighted by Crippen LogP contribution is 2.24. The summed E-state index contributed by atoms with van der Waals surface area (Å²) in [5.41, 5.74) is 1.72. The van der Waals surface area contributed by atoms with Crippen LogP contribution in [-0.4, -0.2) is 24.1 Å². The first kappa shape index (κ1) is 13.5. The number of carbonyl (C=O) groups is 1. The van der Waals surface area contributed by atoms with Gasteiger partial charge >= 0.3 is 0 Å². The summed E-state index contributed by atoms with van der Waals surface area (Å²) >= 11 is 0. The van der Waals surface area contributed by atoms with Gasteiger partial charge in [-0.25, -0.2) is 0 Å². The van der Waals surface area contributed by atoms with Crippen LogP contribution in [0.15, 0.2) is 47.4 Å². The van der Waals surface area contributed by atoms with E-state index in [1.54, 1.807) is 12.1 Å². The summed E-state index contributed by atoms with van der Waals surface area (Å²) in [6.07, 6.45) is 1.06. The molecule has 0 radical (unpaired) electrons. The number of hydrogen-bond donors (Lipinski definition) is 2. The highest BCUT2D eigenvalue weighted by atomic mass is 16.7. The Balaban J connectivity index is 1.68. The fraction of sp³-hybridized carbons (Fsp3) is 0.200. The lowest BCUT2D eigenvalue weighted by Crippen LogP contribution is -2.14. The Kier molecular flexibility index (Phi) is 3.81. The molecule has 1 aromatic carbocycles. The number of amides is 1. The Labute approximate surface area is 120 Å². The van der Waals surface area contributed by atoms with Gasteiger partial charge in [-0.05, 0) is 18.2 Å². The number of carbonyl (C=O) groups excluding carboxylic acids is 1. The standard InChI is InChI=1S/C15H14N2O4/c18-13-6-3-11(9-16-13)14(19)17-12-4-1-10(2-5-12)15-20-7-8-21-15/h1-6,9,15H,7-8H2,(H,16,18)(H,17,19). The first-order chi connectivity index (χ1) is 10.2. The number of anilines is 1.